The van der Waals surface area contributed by atoms with Gasteiger partial charge >= 0.3 is 0 Å². The van der Waals surface area contributed by atoms with E-state index < -0.39 is 0 Å². The first kappa shape index (κ1) is 20.3. The van der Waals surface area contributed by atoms with Crippen LogP contribution in [0.5, 0.6) is 0 Å². The summed E-state index contributed by atoms with van der Waals surface area (Å²) in [4.78, 5) is 25.4. The Bertz CT molecular complexity index is 1690. The predicted molar refractivity (Wildman–Crippen MR) is 145 cm³/mol. The molecule has 2 aliphatic heterocycles. The Morgan fingerprint density at radius 3 is 1.36 bits per heavy atom. The second-order valence-electron chi connectivity index (χ2n) is 8.68. The standard InChI is InChI=1S/C30H20N6/c1-5-25-29(19-9-13-31-14-10-19)26-7-3-23(35-26)18-24-4-8-28(36-24)30(20-11-15-32-16-12-20)27-6-2-22(34-27)17-21(1)33-25/h1-18,33,36H. The molecule has 2 N–H and O–H groups in total. The van der Waals surface area contributed by atoms with E-state index in [0.29, 0.717) is 0 Å². The van der Waals surface area contributed by atoms with Crippen LogP contribution in [-0.2, 0) is 0 Å². The van der Waals surface area contributed by atoms with Crippen molar-refractivity contribution in [1.29, 1.82) is 0 Å². The zero-order valence-corrected chi connectivity index (χ0v) is 19.2. The maximum Gasteiger partial charge on any atom is 0.0737 e. The molecule has 0 fully saturated rings. The first-order valence-corrected chi connectivity index (χ1v) is 11.7. The Morgan fingerprint density at radius 1 is 0.472 bits per heavy atom. The number of aromatic amines is 2. The van der Waals surface area contributed by atoms with Gasteiger partial charge in [0.05, 0.1) is 22.8 Å². The van der Waals surface area contributed by atoms with E-state index >= 15 is 0 Å². The maximum absolute atomic E-state index is 4.96. The maximum atomic E-state index is 4.96. The molecule has 5 aromatic rings. The highest BCUT2D eigenvalue weighted by atomic mass is 14.8. The Labute approximate surface area is 206 Å². The fourth-order valence-electron chi connectivity index (χ4n) is 4.72. The van der Waals surface area contributed by atoms with Crippen molar-refractivity contribution in [3.8, 4) is 22.3 Å². The van der Waals surface area contributed by atoms with Crippen LogP contribution in [-0.4, -0.2) is 29.9 Å². The van der Waals surface area contributed by atoms with Gasteiger partial charge in [0.25, 0.3) is 0 Å². The van der Waals surface area contributed by atoms with Crippen LogP contribution >= 0.6 is 0 Å². The third-order valence-electron chi connectivity index (χ3n) is 6.34. The molecule has 0 radical (unpaired) electrons. The number of hydrogen-bond acceptors (Lipinski definition) is 4. The predicted octanol–water partition coefficient (Wildman–Crippen LogP) is 6.78. The number of fused-ring (bicyclic) bond motifs is 8. The van der Waals surface area contributed by atoms with Gasteiger partial charge in [0, 0.05) is 58.0 Å². The third kappa shape index (κ3) is 3.61. The van der Waals surface area contributed by atoms with Crippen molar-refractivity contribution >= 4 is 46.4 Å². The SMILES string of the molecule is C1=Cc2nc1cc1ccc([nH]1)c(-c1ccncc1)c1nc(cc3ccc([nH]3)c2-c2ccncc2)C=C1. The molecule has 0 spiro atoms. The fraction of sp³-hybridized carbons (Fsp3) is 0. The lowest BCUT2D eigenvalue weighted by Gasteiger charge is -2.03. The number of H-pyrrole nitrogens is 2. The second kappa shape index (κ2) is 8.29. The molecule has 8 bridgehead atoms. The summed E-state index contributed by atoms with van der Waals surface area (Å²) < 4.78 is 0. The van der Waals surface area contributed by atoms with Crippen LogP contribution < -0.4 is 0 Å². The topological polar surface area (TPSA) is 83.1 Å². The summed E-state index contributed by atoms with van der Waals surface area (Å²) in [5.41, 5.74) is 11.6. The van der Waals surface area contributed by atoms with E-state index in [-0.39, 0.29) is 0 Å². The minimum Gasteiger partial charge on any atom is -0.355 e. The van der Waals surface area contributed by atoms with Crippen molar-refractivity contribution in [2.75, 3.05) is 0 Å². The molecule has 6 heteroatoms. The minimum absolute atomic E-state index is 0.884. The van der Waals surface area contributed by atoms with Gasteiger partial charge < -0.3 is 9.97 Å². The first-order valence-electron chi connectivity index (χ1n) is 11.7. The van der Waals surface area contributed by atoms with E-state index in [4.69, 9.17) is 9.97 Å². The fourth-order valence-corrected chi connectivity index (χ4v) is 4.72. The zero-order valence-electron chi connectivity index (χ0n) is 19.2. The quantitative estimate of drug-likeness (QED) is 0.295. The minimum atomic E-state index is 0.884. The molecule has 0 atom stereocenters. The molecule has 7 heterocycles. The Hall–Kier alpha value is -5.10. The van der Waals surface area contributed by atoms with E-state index in [0.717, 1.165) is 67.1 Å². The van der Waals surface area contributed by atoms with Crippen molar-refractivity contribution in [1.82, 2.24) is 29.9 Å². The Morgan fingerprint density at radius 2 is 0.917 bits per heavy atom. The van der Waals surface area contributed by atoms with E-state index in [1.807, 2.05) is 36.4 Å². The summed E-state index contributed by atoms with van der Waals surface area (Å²) in [6.45, 7) is 0. The summed E-state index contributed by atoms with van der Waals surface area (Å²) in [5.74, 6) is 0. The van der Waals surface area contributed by atoms with Crippen molar-refractivity contribution in [2.45, 2.75) is 0 Å². The van der Waals surface area contributed by atoms with Crippen molar-refractivity contribution in [3.63, 3.8) is 0 Å². The first-order chi connectivity index (χ1) is 17.8. The highest BCUT2D eigenvalue weighted by Crippen LogP contribution is 2.31. The van der Waals surface area contributed by atoms with Gasteiger partial charge in [-0.25, -0.2) is 9.97 Å². The Balaban J connectivity index is 1.58. The highest BCUT2D eigenvalue weighted by molar-refractivity contribution is 5.93. The largest absolute Gasteiger partial charge is 0.355 e. The summed E-state index contributed by atoms with van der Waals surface area (Å²) in [5, 5.41) is 0. The van der Waals surface area contributed by atoms with Gasteiger partial charge in [-0.3, -0.25) is 9.97 Å². The van der Waals surface area contributed by atoms with Gasteiger partial charge in [0.2, 0.25) is 0 Å². The number of hydrogen-bond donors (Lipinski definition) is 2. The molecule has 7 rings (SSSR count). The number of rotatable bonds is 2. The number of aromatic nitrogens is 6. The number of pyridine rings is 2. The summed E-state index contributed by atoms with van der Waals surface area (Å²) in [6, 6.07) is 20.5. The van der Waals surface area contributed by atoms with Crippen LogP contribution in [0.3, 0.4) is 0 Å². The van der Waals surface area contributed by atoms with Gasteiger partial charge in [-0.05, 0) is 96.1 Å². The number of nitrogens with one attached hydrogen (secondary N) is 2. The molecule has 0 unspecified atom stereocenters. The monoisotopic (exact) mass is 464 g/mol. The highest BCUT2D eigenvalue weighted by Gasteiger charge is 2.13. The molecule has 170 valence electrons. The van der Waals surface area contributed by atoms with Crippen molar-refractivity contribution in [3.05, 3.63) is 108 Å². The second-order valence-corrected chi connectivity index (χ2v) is 8.68. The normalized spacial score (nSPS) is 12.2. The molecular weight excluding hydrogens is 444 g/mol. The van der Waals surface area contributed by atoms with E-state index in [2.05, 4.69) is 68.5 Å². The molecule has 0 aromatic carbocycles. The van der Waals surface area contributed by atoms with Gasteiger partial charge in [0.1, 0.15) is 0 Å². The molecule has 0 aliphatic carbocycles. The lowest BCUT2D eigenvalue weighted by atomic mass is 10.1. The summed E-state index contributed by atoms with van der Waals surface area (Å²) >= 11 is 0. The average molecular weight is 465 g/mol. The van der Waals surface area contributed by atoms with Crippen molar-refractivity contribution in [2.24, 2.45) is 0 Å². The van der Waals surface area contributed by atoms with Crippen LogP contribution in [0.1, 0.15) is 22.8 Å². The molecule has 5 aromatic heterocycles. The summed E-state index contributed by atoms with van der Waals surface area (Å²) in [7, 11) is 0. The van der Waals surface area contributed by atoms with E-state index in [1.165, 1.54) is 0 Å². The van der Waals surface area contributed by atoms with Crippen molar-refractivity contribution < 1.29 is 0 Å². The van der Waals surface area contributed by atoms with Crippen LogP contribution in [0.25, 0.3) is 68.6 Å². The van der Waals surface area contributed by atoms with E-state index in [9.17, 15) is 0 Å². The molecule has 0 saturated carbocycles. The molecular formula is C30H20N6. The average Bonchev–Trinajstić information content (AvgIpc) is 3.72. The molecule has 36 heavy (non-hydrogen) atoms. The van der Waals surface area contributed by atoms with Gasteiger partial charge in [-0.15, -0.1) is 0 Å². The van der Waals surface area contributed by atoms with Crippen LogP contribution in [0.15, 0.2) is 85.5 Å². The molecule has 6 nitrogen and oxygen atoms in total. The van der Waals surface area contributed by atoms with Crippen LogP contribution in [0.4, 0.5) is 0 Å². The van der Waals surface area contributed by atoms with Crippen LogP contribution in [0.2, 0.25) is 0 Å². The Kier molecular flexibility index (Phi) is 4.67. The molecule has 2 aliphatic rings. The van der Waals surface area contributed by atoms with Gasteiger partial charge in [-0.2, -0.15) is 0 Å². The van der Waals surface area contributed by atoms with E-state index in [1.54, 1.807) is 24.8 Å². The lowest BCUT2D eigenvalue weighted by Crippen LogP contribution is -1.86. The van der Waals surface area contributed by atoms with Gasteiger partial charge in [0.15, 0.2) is 0 Å². The summed E-state index contributed by atoms with van der Waals surface area (Å²) in [6.07, 6.45) is 15.4. The van der Waals surface area contributed by atoms with Gasteiger partial charge in [-0.1, -0.05) is 0 Å². The molecule has 0 amide bonds. The van der Waals surface area contributed by atoms with Crippen LogP contribution in [0, 0.1) is 0 Å². The molecule has 0 saturated heterocycles. The zero-order chi connectivity index (χ0) is 23.9. The number of nitrogens with zero attached hydrogens (tertiary/aromatic N) is 4. The smallest absolute Gasteiger partial charge is 0.0737 e. The lowest BCUT2D eigenvalue weighted by molar-refractivity contribution is 1.30. The third-order valence-corrected chi connectivity index (χ3v) is 6.34.